The highest BCUT2D eigenvalue weighted by Crippen LogP contribution is 2.07. The summed E-state index contributed by atoms with van der Waals surface area (Å²) in [6.07, 6.45) is 2.58. The zero-order chi connectivity index (χ0) is 12.8. The van der Waals surface area contributed by atoms with Crippen molar-refractivity contribution in [2.45, 2.75) is 19.3 Å². The maximum atomic E-state index is 12.1. The minimum atomic E-state index is 0.300. The number of carbonyl (C=O) groups excluding carboxylic acids is 1. The summed E-state index contributed by atoms with van der Waals surface area (Å²) in [5.74, 6) is 0.300. The van der Waals surface area contributed by atoms with Gasteiger partial charge in [0, 0.05) is 26.1 Å². The fourth-order valence-electron chi connectivity index (χ4n) is 2.35. The van der Waals surface area contributed by atoms with Crippen LogP contribution in [-0.4, -0.2) is 48.9 Å². The second kappa shape index (κ2) is 6.55. The first-order valence-corrected chi connectivity index (χ1v) is 6.76. The number of hydrogen-bond donors (Lipinski definition) is 0. The molecular weight excluding hydrogens is 224 g/mol. The molecule has 0 N–H and O–H groups in total. The van der Waals surface area contributed by atoms with E-state index in [-0.39, 0.29) is 0 Å². The number of hydrogen-bond acceptors (Lipinski definition) is 2. The molecule has 3 heteroatoms. The standard InChI is InChI=1S/C15H22N2O/c1-16-10-5-11-17(13-12-16)15(18)9-8-14-6-3-2-4-7-14/h2-4,6-7H,5,8-13H2,1H3. The number of carbonyl (C=O) groups is 1. The summed E-state index contributed by atoms with van der Waals surface area (Å²) >= 11 is 0. The lowest BCUT2D eigenvalue weighted by Crippen LogP contribution is -2.34. The Morgan fingerprint density at radius 1 is 1.11 bits per heavy atom. The number of aryl methyl sites for hydroxylation is 1. The van der Waals surface area contributed by atoms with Gasteiger partial charge in [0.05, 0.1) is 0 Å². The SMILES string of the molecule is CN1CCCN(C(=O)CCc2ccccc2)CC1. The number of nitrogens with zero attached hydrogens (tertiary/aromatic N) is 2. The molecule has 0 radical (unpaired) electrons. The van der Waals surface area contributed by atoms with Crippen LogP contribution in [0.4, 0.5) is 0 Å². The van der Waals surface area contributed by atoms with E-state index >= 15 is 0 Å². The number of benzene rings is 1. The molecule has 1 aliphatic heterocycles. The van der Waals surface area contributed by atoms with Crippen LogP contribution in [0.25, 0.3) is 0 Å². The zero-order valence-corrected chi connectivity index (χ0v) is 11.1. The molecule has 1 heterocycles. The lowest BCUT2D eigenvalue weighted by molar-refractivity contribution is -0.131. The van der Waals surface area contributed by atoms with Crippen molar-refractivity contribution < 1.29 is 4.79 Å². The Morgan fingerprint density at radius 2 is 1.89 bits per heavy atom. The fourth-order valence-corrected chi connectivity index (χ4v) is 2.35. The molecular formula is C15H22N2O. The molecule has 0 aliphatic carbocycles. The molecule has 1 aliphatic rings. The lowest BCUT2D eigenvalue weighted by Gasteiger charge is -2.20. The van der Waals surface area contributed by atoms with Gasteiger partial charge in [-0.15, -0.1) is 0 Å². The van der Waals surface area contributed by atoms with Crippen molar-refractivity contribution in [3.8, 4) is 0 Å². The van der Waals surface area contributed by atoms with E-state index in [1.165, 1.54) is 5.56 Å². The Balaban J connectivity index is 1.80. The van der Waals surface area contributed by atoms with Crippen LogP contribution < -0.4 is 0 Å². The van der Waals surface area contributed by atoms with Crippen molar-refractivity contribution in [2.75, 3.05) is 33.2 Å². The summed E-state index contributed by atoms with van der Waals surface area (Å²) in [5, 5.41) is 0. The predicted molar refractivity (Wildman–Crippen MR) is 73.5 cm³/mol. The third-order valence-electron chi connectivity index (χ3n) is 3.54. The van der Waals surface area contributed by atoms with E-state index in [0.29, 0.717) is 12.3 Å². The highest BCUT2D eigenvalue weighted by molar-refractivity contribution is 5.76. The first-order chi connectivity index (χ1) is 8.75. The van der Waals surface area contributed by atoms with E-state index in [4.69, 9.17) is 0 Å². The predicted octanol–water partition coefficient (Wildman–Crippen LogP) is 1.78. The summed E-state index contributed by atoms with van der Waals surface area (Å²) in [6.45, 7) is 3.89. The average Bonchev–Trinajstić information content (AvgIpc) is 2.62. The molecule has 0 saturated carbocycles. The highest BCUT2D eigenvalue weighted by atomic mass is 16.2. The van der Waals surface area contributed by atoms with Crippen LogP contribution in [0.15, 0.2) is 30.3 Å². The first-order valence-electron chi connectivity index (χ1n) is 6.76. The third-order valence-corrected chi connectivity index (χ3v) is 3.54. The van der Waals surface area contributed by atoms with Crippen molar-refractivity contribution in [3.63, 3.8) is 0 Å². The summed E-state index contributed by atoms with van der Waals surface area (Å²) in [6, 6.07) is 10.2. The van der Waals surface area contributed by atoms with Gasteiger partial charge in [0.2, 0.25) is 5.91 Å². The van der Waals surface area contributed by atoms with E-state index in [1.54, 1.807) is 0 Å². The van der Waals surface area contributed by atoms with E-state index in [1.807, 2.05) is 23.1 Å². The molecule has 0 spiro atoms. The Kier molecular flexibility index (Phi) is 4.76. The topological polar surface area (TPSA) is 23.6 Å². The van der Waals surface area contributed by atoms with Crippen LogP contribution in [0.3, 0.4) is 0 Å². The van der Waals surface area contributed by atoms with E-state index < -0.39 is 0 Å². The maximum Gasteiger partial charge on any atom is 0.222 e. The zero-order valence-electron chi connectivity index (χ0n) is 11.1. The van der Waals surface area contributed by atoms with Crippen LogP contribution >= 0.6 is 0 Å². The molecule has 1 aromatic rings. The quantitative estimate of drug-likeness (QED) is 0.811. The normalized spacial score (nSPS) is 17.5. The van der Waals surface area contributed by atoms with Crippen molar-refractivity contribution in [1.82, 2.24) is 9.80 Å². The monoisotopic (exact) mass is 246 g/mol. The third kappa shape index (κ3) is 3.84. The maximum absolute atomic E-state index is 12.1. The number of amides is 1. The van der Waals surface area contributed by atoms with Crippen LogP contribution in [0.1, 0.15) is 18.4 Å². The van der Waals surface area contributed by atoms with Crippen LogP contribution in [0.5, 0.6) is 0 Å². The largest absolute Gasteiger partial charge is 0.341 e. The van der Waals surface area contributed by atoms with Crippen LogP contribution in [0.2, 0.25) is 0 Å². The molecule has 18 heavy (non-hydrogen) atoms. The molecule has 2 rings (SSSR count). The lowest BCUT2D eigenvalue weighted by atomic mass is 10.1. The average molecular weight is 246 g/mol. The molecule has 0 aromatic heterocycles. The Labute approximate surface area is 109 Å². The van der Waals surface area contributed by atoms with Gasteiger partial charge in [0.25, 0.3) is 0 Å². The smallest absolute Gasteiger partial charge is 0.222 e. The molecule has 1 amide bonds. The van der Waals surface area contributed by atoms with Crippen LogP contribution in [0, 0.1) is 0 Å². The van der Waals surface area contributed by atoms with Crippen molar-refractivity contribution >= 4 is 5.91 Å². The van der Waals surface area contributed by atoms with Gasteiger partial charge in [0.15, 0.2) is 0 Å². The van der Waals surface area contributed by atoms with Gasteiger partial charge in [0.1, 0.15) is 0 Å². The second-order valence-electron chi connectivity index (χ2n) is 5.02. The first kappa shape index (κ1) is 13.1. The van der Waals surface area contributed by atoms with Gasteiger partial charge in [-0.2, -0.15) is 0 Å². The number of rotatable bonds is 3. The van der Waals surface area contributed by atoms with E-state index in [9.17, 15) is 4.79 Å². The molecule has 0 bridgehead atoms. The summed E-state index contributed by atoms with van der Waals surface area (Å²) < 4.78 is 0. The van der Waals surface area contributed by atoms with Gasteiger partial charge in [-0.1, -0.05) is 30.3 Å². The van der Waals surface area contributed by atoms with Crippen molar-refractivity contribution in [1.29, 1.82) is 0 Å². The highest BCUT2D eigenvalue weighted by Gasteiger charge is 2.16. The minimum Gasteiger partial charge on any atom is -0.341 e. The fraction of sp³-hybridized carbons (Fsp3) is 0.533. The summed E-state index contributed by atoms with van der Waals surface area (Å²) in [5.41, 5.74) is 1.25. The second-order valence-corrected chi connectivity index (χ2v) is 5.02. The molecule has 98 valence electrons. The Bertz CT molecular complexity index is 377. The van der Waals surface area contributed by atoms with Crippen molar-refractivity contribution in [2.24, 2.45) is 0 Å². The van der Waals surface area contributed by atoms with Gasteiger partial charge in [-0.05, 0) is 32.0 Å². The molecule has 3 nitrogen and oxygen atoms in total. The summed E-state index contributed by atoms with van der Waals surface area (Å²) in [7, 11) is 2.12. The Morgan fingerprint density at radius 3 is 2.67 bits per heavy atom. The van der Waals surface area contributed by atoms with Gasteiger partial charge < -0.3 is 9.80 Å². The Hall–Kier alpha value is -1.35. The molecule has 1 saturated heterocycles. The molecule has 1 aromatic carbocycles. The minimum absolute atomic E-state index is 0.300. The van der Waals surface area contributed by atoms with Crippen molar-refractivity contribution in [3.05, 3.63) is 35.9 Å². The molecule has 0 atom stereocenters. The van der Waals surface area contributed by atoms with E-state index in [2.05, 4.69) is 24.1 Å². The van der Waals surface area contributed by atoms with Crippen LogP contribution in [-0.2, 0) is 11.2 Å². The van der Waals surface area contributed by atoms with Gasteiger partial charge >= 0.3 is 0 Å². The molecule has 0 unspecified atom stereocenters. The van der Waals surface area contributed by atoms with Gasteiger partial charge in [-0.25, -0.2) is 0 Å². The van der Waals surface area contributed by atoms with Gasteiger partial charge in [-0.3, -0.25) is 4.79 Å². The molecule has 1 fully saturated rings. The number of likely N-dealkylation sites (N-methyl/N-ethyl adjacent to an activating group) is 1. The summed E-state index contributed by atoms with van der Waals surface area (Å²) in [4.78, 5) is 16.5. The van der Waals surface area contributed by atoms with E-state index in [0.717, 1.165) is 39.0 Å².